The summed E-state index contributed by atoms with van der Waals surface area (Å²) in [6.45, 7) is 3.96. The molecule has 5 heteroatoms. The van der Waals surface area contributed by atoms with Crippen LogP contribution in [0.2, 0.25) is 0 Å². The van der Waals surface area contributed by atoms with Gasteiger partial charge >= 0.3 is 0 Å². The molecule has 0 radical (unpaired) electrons. The van der Waals surface area contributed by atoms with Gasteiger partial charge in [-0.1, -0.05) is 36.4 Å². The third kappa shape index (κ3) is 6.47. The number of carbonyl (C=O) groups is 2. The second-order valence-corrected chi connectivity index (χ2v) is 6.53. The van der Waals surface area contributed by atoms with Gasteiger partial charge in [-0.25, -0.2) is 0 Å². The van der Waals surface area contributed by atoms with Crippen molar-refractivity contribution >= 4 is 29.3 Å². The first kappa shape index (κ1) is 18.8. The smallest absolute Gasteiger partial charge is 0.253 e. The minimum Gasteiger partial charge on any atom is -0.349 e. The van der Waals surface area contributed by atoms with Crippen LogP contribution in [0.15, 0.2) is 72.1 Å². The standard InChI is InChI=1S/C20H22N2O2S/c1-2-14-21-20(24)17-11-6-7-12-18(17)22-19(23)13-8-15-25-16-9-4-3-5-10-16/h2-7,9-12H,1,8,13-15H2,(H,21,24)(H,22,23). The Morgan fingerprint density at radius 1 is 1.04 bits per heavy atom. The van der Waals surface area contributed by atoms with E-state index in [4.69, 9.17) is 0 Å². The molecule has 0 heterocycles. The van der Waals surface area contributed by atoms with E-state index in [9.17, 15) is 9.59 Å². The minimum atomic E-state index is -0.226. The number of hydrogen-bond donors (Lipinski definition) is 2. The Morgan fingerprint density at radius 3 is 2.52 bits per heavy atom. The molecule has 2 amide bonds. The van der Waals surface area contributed by atoms with E-state index in [1.54, 1.807) is 42.1 Å². The Hall–Kier alpha value is -2.53. The zero-order chi connectivity index (χ0) is 17.9. The lowest BCUT2D eigenvalue weighted by molar-refractivity contribution is -0.116. The maximum Gasteiger partial charge on any atom is 0.253 e. The predicted molar refractivity (Wildman–Crippen MR) is 104 cm³/mol. The summed E-state index contributed by atoms with van der Waals surface area (Å²) >= 11 is 1.73. The molecular weight excluding hydrogens is 332 g/mol. The van der Waals surface area contributed by atoms with Gasteiger partial charge in [-0.05, 0) is 36.4 Å². The van der Waals surface area contributed by atoms with Gasteiger partial charge in [0.15, 0.2) is 0 Å². The van der Waals surface area contributed by atoms with Crippen LogP contribution in [0.3, 0.4) is 0 Å². The van der Waals surface area contributed by atoms with Crippen LogP contribution in [0.4, 0.5) is 5.69 Å². The van der Waals surface area contributed by atoms with Crippen molar-refractivity contribution in [2.24, 2.45) is 0 Å². The highest BCUT2D eigenvalue weighted by Crippen LogP contribution is 2.19. The van der Waals surface area contributed by atoms with Crippen LogP contribution in [0.25, 0.3) is 0 Å². The summed E-state index contributed by atoms with van der Waals surface area (Å²) in [6, 6.07) is 17.1. The van der Waals surface area contributed by atoms with Crippen LogP contribution in [-0.2, 0) is 4.79 Å². The van der Waals surface area contributed by atoms with Crippen LogP contribution in [0, 0.1) is 0 Å². The first-order valence-electron chi connectivity index (χ1n) is 8.16. The first-order chi connectivity index (χ1) is 12.2. The summed E-state index contributed by atoms with van der Waals surface area (Å²) in [5, 5.41) is 5.55. The van der Waals surface area contributed by atoms with Gasteiger partial charge in [0.05, 0.1) is 11.3 Å². The molecule has 0 saturated carbocycles. The normalized spacial score (nSPS) is 10.1. The predicted octanol–water partition coefficient (Wildman–Crippen LogP) is 4.11. The van der Waals surface area contributed by atoms with Crippen molar-refractivity contribution in [3.8, 4) is 0 Å². The molecule has 0 bridgehead atoms. The molecule has 0 aromatic heterocycles. The molecule has 0 aliphatic heterocycles. The maximum absolute atomic E-state index is 12.1. The number of thioether (sulfide) groups is 1. The number of rotatable bonds is 9. The fourth-order valence-corrected chi connectivity index (χ4v) is 3.08. The number of anilines is 1. The van der Waals surface area contributed by atoms with Gasteiger partial charge in [0.1, 0.15) is 0 Å². The molecule has 2 rings (SSSR count). The van der Waals surface area contributed by atoms with Gasteiger partial charge in [-0.15, -0.1) is 18.3 Å². The van der Waals surface area contributed by atoms with Crippen LogP contribution < -0.4 is 10.6 Å². The highest BCUT2D eigenvalue weighted by Gasteiger charge is 2.12. The summed E-state index contributed by atoms with van der Waals surface area (Å²) in [5.74, 6) is 0.562. The number of para-hydroxylation sites is 1. The second kappa shape index (κ2) is 10.4. The topological polar surface area (TPSA) is 58.2 Å². The molecule has 0 spiro atoms. The molecule has 0 aliphatic rings. The number of nitrogens with one attached hydrogen (secondary N) is 2. The second-order valence-electron chi connectivity index (χ2n) is 5.36. The van der Waals surface area contributed by atoms with Crippen molar-refractivity contribution in [1.29, 1.82) is 0 Å². The summed E-state index contributed by atoms with van der Waals surface area (Å²) in [5.41, 5.74) is 0.987. The molecule has 0 aliphatic carbocycles. The SMILES string of the molecule is C=CCNC(=O)c1ccccc1NC(=O)CCCSc1ccccc1. The zero-order valence-corrected chi connectivity index (χ0v) is 14.9. The van der Waals surface area contributed by atoms with Crippen molar-refractivity contribution in [2.45, 2.75) is 17.7 Å². The molecular formula is C20H22N2O2S. The van der Waals surface area contributed by atoms with Crippen molar-refractivity contribution < 1.29 is 9.59 Å². The summed E-state index contributed by atoms with van der Waals surface area (Å²) < 4.78 is 0. The van der Waals surface area contributed by atoms with Gasteiger partial charge in [0.2, 0.25) is 5.91 Å². The molecule has 4 nitrogen and oxygen atoms in total. The Labute approximate surface area is 152 Å². The van der Waals surface area contributed by atoms with E-state index in [2.05, 4.69) is 29.3 Å². The quantitative estimate of drug-likeness (QED) is 0.405. The first-order valence-corrected chi connectivity index (χ1v) is 9.15. The average Bonchev–Trinajstić information content (AvgIpc) is 2.64. The van der Waals surface area contributed by atoms with Crippen LogP contribution in [0.5, 0.6) is 0 Å². The third-order valence-electron chi connectivity index (χ3n) is 3.41. The van der Waals surface area contributed by atoms with Crippen molar-refractivity contribution in [1.82, 2.24) is 5.32 Å². The zero-order valence-electron chi connectivity index (χ0n) is 14.0. The summed E-state index contributed by atoms with van der Waals surface area (Å²) in [6.07, 6.45) is 2.81. The number of benzene rings is 2. The number of amides is 2. The fourth-order valence-electron chi connectivity index (χ4n) is 2.20. The molecule has 2 N–H and O–H groups in total. The van der Waals surface area contributed by atoms with E-state index in [1.807, 2.05) is 18.2 Å². The lowest BCUT2D eigenvalue weighted by Crippen LogP contribution is -2.25. The highest BCUT2D eigenvalue weighted by molar-refractivity contribution is 7.99. The lowest BCUT2D eigenvalue weighted by atomic mass is 10.1. The molecule has 130 valence electrons. The Bertz CT molecular complexity index is 717. The Morgan fingerprint density at radius 2 is 1.76 bits per heavy atom. The average molecular weight is 354 g/mol. The van der Waals surface area contributed by atoms with E-state index in [-0.39, 0.29) is 11.8 Å². The Kier molecular flexibility index (Phi) is 7.79. The van der Waals surface area contributed by atoms with Crippen LogP contribution >= 0.6 is 11.8 Å². The van der Waals surface area contributed by atoms with E-state index < -0.39 is 0 Å². The molecule has 2 aromatic rings. The van der Waals surface area contributed by atoms with E-state index in [0.717, 1.165) is 12.2 Å². The number of hydrogen-bond acceptors (Lipinski definition) is 3. The Balaban J connectivity index is 1.82. The molecule has 25 heavy (non-hydrogen) atoms. The van der Waals surface area contributed by atoms with Crippen molar-refractivity contribution in [3.05, 3.63) is 72.8 Å². The molecule has 0 unspecified atom stereocenters. The summed E-state index contributed by atoms with van der Waals surface area (Å²) in [7, 11) is 0. The van der Waals surface area contributed by atoms with Crippen molar-refractivity contribution in [3.63, 3.8) is 0 Å². The van der Waals surface area contributed by atoms with Crippen LogP contribution in [-0.4, -0.2) is 24.1 Å². The van der Waals surface area contributed by atoms with Gasteiger partial charge < -0.3 is 10.6 Å². The lowest BCUT2D eigenvalue weighted by Gasteiger charge is -2.10. The molecule has 2 aromatic carbocycles. The minimum absolute atomic E-state index is 0.0855. The third-order valence-corrected chi connectivity index (χ3v) is 4.51. The van der Waals surface area contributed by atoms with E-state index in [0.29, 0.717) is 24.2 Å². The summed E-state index contributed by atoms with van der Waals surface area (Å²) in [4.78, 5) is 25.5. The van der Waals surface area contributed by atoms with Crippen LogP contribution in [0.1, 0.15) is 23.2 Å². The maximum atomic E-state index is 12.1. The van der Waals surface area contributed by atoms with E-state index >= 15 is 0 Å². The molecule has 0 fully saturated rings. The number of carbonyl (C=O) groups excluding carboxylic acids is 2. The monoisotopic (exact) mass is 354 g/mol. The largest absolute Gasteiger partial charge is 0.349 e. The molecule has 0 saturated heterocycles. The van der Waals surface area contributed by atoms with Gasteiger partial charge in [0.25, 0.3) is 5.91 Å². The van der Waals surface area contributed by atoms with Gasteiger partial charge in [0, 0.05) is 17.9 Å². The fraction of sp³-hybridized carbons (Fsp3) is 0.200. The highest BCUT2D eigenvalue weighted by atomic mass is 32.2. The van der Waals surface area contributed by atoms with Gasteiger partial charge in [-0.3, -0.25) is 9.59 Å². The van der Waals surface area contributed by atoms with Gasteiger partial charge in [-0.2, -0.15) is 0 Å². The van der Waals surface area contributed by atoms with Crippen molar-refractivity contribution in [2.75, 3.05) is 17.6 Å². The molecule has 0 atom stereocenters. The van der Waals surface area contributed by atoms with E-state index in [1.165, 1.54) is 4.90 Å².